The average molecular weight is 285 g/mol. The lowest BCUT2D eigenvalue weighted by molar-refractivity contribution is 0.0469. The van der Waals surface area contributed by atoms with Gasteiger partial charge in [0.2, 0.25) is 0 Å². The predicted octanol–water partition coefficient (Wildman–Crippen LogP) is 3.57. The van der Waals surface area contributed by atoms with Gasteiger partial charge in [-0.05, 0) is 25.0 Å². The number of hydrogen-bond acceptors (Lipinski definition) is 2. The molecule has 0 heterocycles. The van der Waals surface area contributed by atoms with Crippen molar-refractivity contribution in [3.63, 3.8) is 0 Å². The molecule has 0 spiro atoms. The second kappa shape index (κ2) is 6.00. The molecule has 0 amide bonds. The van der Waals surface area contributed by atoms with E-state index in [1.54, 1.807) is 12.1 Å². The van der Waals surface area contributed by atoms with E-state index in [9.17, 15) is 9.32 Å². The van der Waals surface area contributed by atoms with Crippen LogP contribution in [0.2, 0.25) is 0 Å². The highest BCUT2D eigenvalue weighted by Crippen LogP contribution is 2.36. The molecule has 0 aromatic heterocycles. The fraction of sp³-hybridized carbons (Fsp3) is 0.429. The highest BCUT2D eigenvalue weighted by atomic mass is 35.5. The van der Waals surface area contributed by atoms with Crippen molar-refractivity contribution in [2.75, 3.05) is 0 Å². The molecule has 2 rings (SSSR count). The van der Waals surface area contributed by atoms with Crippen LogP contribution in [0.25, 0.3) is 0 Å². The topological polar surface area (TPSA) is 37.3 Å². The summed E-state index contributed by atoms with van der Waals surface area (Å²) in [6.45, 7) is 0. The number of benzene rings is 1. The van der Waals surface area contributed by atoms with Crippen molar-refractivity contribution in [2.24, 2.45) is 0 Å². The molecule has 1 aliphatic rings. The van der Waals surface area contributed by atoms with Crippen molar-refractivity contribution in [1.82, 2.24) is 0 Å². The summed E-state index contributed by atoms with van der Waals surface area (Å²) in [7, 11) is -1.30. The molecule has 1 fully saturated rings. The minimum absolute atomic E-state index is 0.324. The fourth-order valence-electron chi connectivity index (χ4n) is 2.20. The van der Waals surface area contributed by atoms with E-state index in [2.05, 4.69) is 0 Å². The van der Waals surface area contributed by atoms with Crippen molar-refractivity contribution >= 4 is 22.4 Å². The zero-order chi connectivity index (χ0) is 13.0. The first-order valence-electron chi connectivity index (χ1n) is 6.18. The van der Waals surface area contributed by atoms with Crippen molar-refractivity contribution in [1.29, 1.82) is 0 Å². The molecule has 98 valence electrons. The molecule has 0 bridgehead atoms. The van der Waals surface area contributed by atoms with Crippen molar-refractivity contribution < 1.29 is 9.32 Å². The smallest absolute Gasteiger partial charge is 0.101 e. The maximum atomic E-state index is 12.1. The van der Waals surface area contributed by atoms with Gasteiger partial charge in [-0.3, -0.25) is 0 Å². The molecule has 1 aromatic rings. The Morgan fingerprint density at radius 2 is 1.83 bits per heavy atom. The number of rotatable bonds is 3. The molecule has 1 N–H and O–H groups in total. The first-order valence-corrected chi connectivity index (χ1v) is 7.77. The van der Waals surface area contributed by atoms with Gasteiger partial charge in [-0.1, -0.05) is 49.1 Å². The molecule has 4 heteroatoms. The summed E-state index contributed by atoms with van der Waals surface area (Å²) < 4.78 is 12.1. The summed E-state index contributed by atoms with van der Waals surface area (Å²) >= 11 is 6.16. The monoisotopic (exact) mass is 284 g/mol. The Morgan fingerprint density at radius 1 is 1.22 bits per heavy atom. The first kappa shape index (κ1) is 13.8. The maximum Gasteiger partial charge on any atom is 0.101 e. The number of halogens is 1. The molecule has 0 radical (unpaired) electrons. The number of hydrogen-bond donors (Lipinski definition) is 1. The van der Waals surface area contributed by atoms with Crippen LogP contribution in [0.1, 0.15) is 32.1 Å². The lowest BCUT2D eigenvalue weighted by Gasteiger charge is -2.31. The Bertz CT molecular complexity index is 450. The van der Waals surface area contributed by atoms with Gasteiger partial charge in [0.15, 0.2) is 0 Å². The third kappa shape index (κ3) is 3.22. The van der Waals surface area contributed by atoms with Gasteiger partial charge in [-0.25, -0.2) is 4.21 Å². The molecular weight excluding hydrogens is 268 g/mol. The minimum atomic E-state index is -1.30. The van der Waals surface area contributed by atoms with Gasteiger partial charge in [0.05, 0.1) is 15.8 Å². The van der Waals surface area contributed by atoms with Gasteiger partial charge >= 0.3 is 0 Å². The van der Waals surface area contributed by atoms with Gasteiger partial charge in [-0.2, -0.15) is 0 Å². The third-order valence-corrected chi connectivity index (χ3v) is 5.09. The summed E-state index contributed by atoms with van der Waals surface area (Å²) in [5.74, 6) is 0. The normalized spacial score (nSPS) is 21.6. The van der Waals surface area contributed by atoms with Crippen LogP contribution in [0.3, 0.4) is 0 Å². The molecule has 0 saturated heterocycles. The predicted molar refractivity (Wildman–Crippen MR) is 74.8 cm³/mol. The number of aliphatic hydroxyl groups is 1. The van der Waals surface area contributed by atoms with Gasteiger partial charge in [0.1, 0.15) is 5.60 Å². The summed E-state index contributed by atoms with van der Waals surface area (Å²) in [5.41, 5.74) is -0.968. The van der Waals surface area contributed by atoms with Crippen LogP contribution in [0.5, 0.6) is 0 Å². The Kier molecular flexibility index (Phi) is 4.60. The van der Waals surface area contributed by atoms with Gasteiger partial charge in [0.25, 0.3) is 0 Å². The van der Waals surface area contributed by atoms with E-state index in [4.69, 9.17) is 11.6 Å². The quantitative estimate of drug-likeness (QED) is 0.921. The fourth-order valence-corrected chi connectivity index (χ4v) is 3.60. The van der Waals surface area contributed by atoms with Crippen LogP contribution in [0, 0.1) is 0 Å². The second-order valence-corrected chi connectivity index (χ2v) is 6.38. The highest BCUT2D eigenvalue weighted by molar-refractivity contribution is 7.88. The van der Waals surface area contributed by atoms with E-state index in [1.165, 1.54) is 5.41 Å². The van der Waals surface area contributed by atoms with E-state index in [1.807, 2.05) is 18.2 Å². The molecule has 1 unspecified atom stereocenters. The van der Waals surface area contributed by atoms with E-state index in [-0.39, 0.29) is 0 Å². The van der Waals surface area contributed by atoms with Gasteiger partial charge < -0.3 is 5.11 Å². The molecule has 18 heavy (non-hydrogen) atoms. The van der Waals surface area contributed by atoms with Crippen LogP contribution in [-0.2, 0) is 10.8 Å². The van der Waals surface area contributed by atoms with Gasteiger partial charge in [-0.15, -0.1) is 0 Å². The minimum Gasteiger partial charge on any atom is -0.384 e. The molecule has 2 nitrogen and oxygen atoms in total. The van der Waals surface area contributed by atoms with Crippen molar-refractivity contribution in [2.45, 2.75) is 42.6 Å². The van der Waals surface area contributed by atoms with Crippen molar-refractivity contribution in [3.8, 4) is 0 Å². The van der Waals surface area contributed by atoms with Crippen LogP contribution in [0.4, 0.5) is 0 Å². The lowest BCUT2D eigenvalue weighted by Crippen LogP contribution is -2.31. The first-order chi connectivity index (χ1) is 8.62. The van der Waals surface area contributed by atoms with E-state index in [0.717, 1.165) is 19.3 Å². The van der Waals surface area contributed by atoms with Crippen LogP contribution < -0.4 is 0 Å². The Labute approximate surface area is 115 Å². The van der Waals surface area contributed by atoms with E-state index < -0.39 is 16.4 Å². The lowest BCUT2D eigenvalue weighted by atomic mass is 9.85. The zero-order valence-corrected chi connectivity index (χ0v) is 11.7. The highest BCUT2D eigenvalue weighted by Gasteiger charge is 2.32. The SMILES string of the molecule is O=S(/C=C(/Cl)C1(O)CCCCC1)c1ccccc1. The molecular formula is C14H17ClO2S. The summed E-state index contributed by atoms with van der Waals surface area (Å²) in [6, 6.07) is 9.14. The zero-order valence-electron chi connectivity index (χ0n) is 10.1. The standard InChI is InChI=1S/C14H17ClO2S/c15-13(14(16)9-5-2-6-10-14)11-18(17)12-7-3-1-4-8-12/h1,3-4,7-8,11,16H,2,5-6,9-10H2/b13-11+. The summed E-state index contributed by atoms with van der Waals surface area (Å²) in [6.07, 6.45) is 4.40. The largest absolute Gasteiger partial charge is 0.384 e. The van der Waals surface area contributed by atoms with Gasteiger partial charge in [0, 0.05) is 10.3 Å². The molecule has 1 aliphatic carbocycles. The maximum absolute atomic E-state index is 12.1. The molecule has 1 saturated carbocycles. The third-order valence-electron chi connectivity index (χ3n) is 3.31. The van der Waals surface area contributed by atoms with Crippen LogP contribution in [0.15, 0.2) is 45.7 Å². The second-order valence-electron chi connectivity index (χ2n) is 4.67. The van der Waals surface area contributed by atoms with Crippen LogP contribution >= 0.6 is 11.6 Å². The summed E-state index contributed by atoms with van der Waals surface area (Å²) in [5, 5.41) is 12.2. The Balaban J connectivity index is 2.15. The summed E-state index contributed by atoms with van der Waals surface area (Å²) in [4.78, 5) is 0.704. The Hall–Kier alpha value is -0.640. The Morgan fingerprint density at radius 3 is 2.44 bits per heavy atom. The van der Waals surface area contributed by atoms with E-state index >= 15 is 0 Å². The molecule has 0 aliphatic heterocycles. The molecule has 1 atom stereocenters. The van der Waals surface area contributed by atoms with E-state index in [0.29, 0.717) is 22.8 Å². The van der Waals surface area contributed by atoms with Crippen molar-refractivity contribution in [3.05, 3.63) is 40.8 Å². The average Bonchev–Trinajstić information content (AvgIpc) is 2.40. The molecule has 1 aromatic carbocycles. The van der Waals surface area contributed by atoms with Crippen LogP contribution in [-0.4, -0.2) is 14.9 Å².